The van der Waals surface area contributed by atoms with E-state index < -0.39 is 9.84 Å². The maximum Gasteiger partial charge on any atom is 0.147 e. The van der Waals surface area contributed by atoms with Crippen molar-refractivity contribution in [2.24, 2.45) is 5.84 Å². The Morgan fingerprint density at radius 3 is 2.65 bits per heavy atom. The molecular weight excluding hydrogens is 240 g/mol. The van der Waals surface area contributed by atoms with Crippen LogP contribution >= 0.6 is 0 Å². The van der Waals surface area contributed by atoms with Crippen molar-refractivity contribution in [2.75, 3.05) is 12.0 Å². The largest absolute Gasteiger partial charge is 0.464 e. The molecule has 0 amide bonds. The Hall–Kier alpha value is -0.850. The molecule has 0 aliphatic rings. The highest BCUT2D eigenvalue weighted by Crippen LogP contribution is 2.20. The van der Waals surface area contributed by atoms with Gasteiger partial charge in [0.15, 0.2) is 0 Å². The summed E-state index contributed by atoms with van der Waals surface area (Å²) < 4.78 is 27.6. The van der Waals surface area contributed by atoms with Gasteiger partial charge < -0.3 is 4.42 Å². The number of hydrogen-bond donors (Lipinski definition) is 2. The minimum absolute atomic E-state index is 0.128. The fraction of sp³-hybridized carbons (Fsp3) is 0.636. The van der Waals surface area contributed by atoms with E-state index in [0.29, 0.717) is 12.8 Å². The van der Waals surface area contributed by atoms with Crippen molar-refractivity contribution in [3.63, 3.8) is 0 Å². The summed E-state index contributed by atoms with van der Waals surface area (Å²) >= 11 is 0. The molecule has 1 atom stereocenters. The van der Waals surface area contributed by atoms with Gasteiger partial charge in [0.1, 0.15) is 21.4 Å². The van der Waals surface area contributed by atoms with E-state index in [1.165, 1.54) is 6.26 Å². The van der Waals surface area contributed by atoms with E-state index >= 15 is 0 Å². The number of rotatable bonds is 7. The van der Waals surface area contributed by atoms with Crippen molar-refractivity contribution in [1.82, 2.24) is 5.43 Å². The third-order valence-corrected chi connectivity index (χ3v) is 3.61. The fourth-order valence-electron chi connectivity index (χ4n) is 1.63. The number of aryl methyl sites for hydroxylation is 1. The van der Waals surface area contributed by atoms with Gasteiger partial charge in [-0.1, -0.05) is 6.92 Å². The number of sulfone groups is 1. The Labute approximate surface area is 102 Å². The molecule has 0 saturated heterocycles. The molecule has 6 heteroatoms. The molecule has 3 N–H and O–H groups in total. The number of furan rings is 1. The Bertz CT molecular complexity index is 439. The Morgan fingerprint density at radius 1 is 1.47 bits per heavy atom. The summed E-state index contributed by atoms with van der Waals surface area (Å²) in [6, 6.07) is 3.66. The van der Waals surface area contributed by atoms with Gasteiger partial charge in [0.2, 0.25) is 0 Å². The summed E-state index contributed by atoms with van der Waals surface area (Å²) in [6.45, 7) is 2.01. The van der Waals surface area contributed by atoms with Gasteiger partial charge in [-0.15, -0.1) is 0 Å². The highest BCUT2D eigenvalue weighted by atomic mass is 32.2. The van der Waals surface area contributed by atoms with Crippen LogP contribution in [0.15, 0.2) is 16.5 Å². The van der Waals surface area contributed by atoms with Gasteiger partial charge >= 0.3 is 0 Å². The lowest BCUT2D eigenvalue weighted by atomic mass is 10.1. The first-order valence-electron chi connectivity index (χ1n) is 5.68. The van der Waals surface area contributed by atoms with E-state index in [-0.39, 0.29) is 11.8 Å². The lowest BCUT2D eigenvalue weighted by Crippen LogP contribution is -2.28. The highest BCUT2D eigenvalue weighted by Gasteiger charge is 2.14. The lowest BCUT2D eigenvalue weighted by Gasteiger charge is -2.12. The zero-order chi connectivity index (χ0) is 12.9. The monoisotopic (exact) mass is 260 g/mol. The van der Waals surface area contributed by atoms with Gasteiger partial charge in [0.05, 0.1) is 6.04 Å². The molecule has 1 unspecified atom stereocenters. The van der Waals surface area contributed by atoms with Crippen LogP contribution < -0.4 is 11.3 Å². The molecule has 1 rings (SSSR count). The molecule has 0 aliphatic heterocycles. The summed E-state index contributed by atoms with van der Waals surface area (Å²) in [7, 11) is -2.91. The summed E-state index contributed by atoms with van der Waals surface area (Å²) in [5.74, 6) is 7.29. The maximum atomic E-state index is 11.0. The number of hydrogen-bond acceptors (Lipinski definition) is 5. The SMILES string of the molecule is CCc1ccc(C(CCCS(C)(=O)=O)NN)o1. The second-order valence-electron chi connectivity index (χ2n) is 4.15. The number of hydrazine groups is 1. The Morgan fingerprint density at radius 2 is 2.18 bits per heavy atom. The first kappa shape index (κ1) is 14.2. The molecule has 0 bridgehead atoms. The van der Waals surface area contributed by atoms with Gasteiger partial charge in [0, 0.05) is 18.4 Å². The summed E-state index contributed by atoms with van der Waals surface area (Å²) in [6.07, 6.45) is 3.27. The molecule has 98 valence electrons. The first-order valence-corrected chi connectivity index (χ1v) is 7.74. The van der Waals surface area contributed by atoms with Gasteiger partial charge in [-0.3, -0.25) is 5.84 Å². The maximum absolute atomic E-state index is 11.0. The van der Waals surface area contributed by atoms with Crippen LogP contribution in [0.5, 0.6) is 0 Å². The number of nitrogens with two attached hydrogens (primary N) is 1. The van der Waals surface area contributed by atoms with Crippen molar-refractivity contribution in [3.05, 3.63) is 23.7 Å². The average Bonchev–Trinajstić information content (AvgIpc) is 2.71. The first-order chi connectivity index (χ1) is 7.96. The fourth-order valence-corrected chi connectivity index (χ4v) is 2.32. The second kappa shape index (κ2) is 6.18. The quantitative estimate of drug-likeness (QED) is 0.568. The van der Waals surface area contributed by atoms with E-state index in [4.69, 9.17) is 10.3 Å². The van der Waals surface area contributed by atoms with Gasteiger partial charge in [-0.25, -0.2) is 13.8 Å². The van der Waals surface area contributed by atoms with Crippen LogP contribution in [0.3, 0.4) is 0 Å². The smallest absolute Gasteiger partial charge is 0.147 e. The predicted molar refractivity (Wildman–Crippen MR) is 67.1 cm³/mol. The van der Waals surface area contributed by atoms with Crippen molar-refractivity contribution < 1.29 is 12.8 Å². The molecule has 0 saturated carbocycles. The van der Waals surface area contributed by atoms with E-state index in [0.717, 1.165) is 17.9 Å². The van der Waals surface area contributed by atoms with Crippen LogP contribution in [-0.2, 0) is 16.3 Å². The van der Waals surface area contributed by atoms with Crippen LogP contribution in [-0.4, -0.2) is 20.4 Å². The molecule has 1 aromatic heterocycles. The molecule has 1 heterocycles. The lowest BCUT2D eigenvalue weighted by molar-refractivity contribution is 0.382. The van der Waals surface area contributed by atoms with Gasteiger partial charge in [-0.05, 0) is 25.0 Å². The van der Waals surface area contributed by atoms with Crippen LogP contribution in [0.25, 0.3) is 0 Å². The molecule has 0 aliphatic carbocycles. The molecule has 17 heavy (non-hydrogen) atoms. The van der Waals surface area contributed by atoms with Gasteiger partial charge in [-0.2, -0.15) is 0 Å². The van der Waals surface area contributed by atoms with E-state index in [2.05, 4.69) is 5.43 Å². The van der Waals surface area contributed by atoms with E-state index in [9.17, 15) is 8.42 Å². The van der Waals surface area contributed by atoms with Crippen LogP contribution in [0.2, 0.25) is 0 Å². The zero-order valence-electron chi connectivity index (χ0n) is 10.3. The van der Waals surface area contributed by atoms with Crippen LogP contribution in [0, 0.1) is 0 Å². The third kappa shape index (κ3) is 4.89. The van der Waals surface area contributed by atoms with E-state index in [1.807, 2.05) is 19.1 Å². The molecule has 0 spiro atoms. The minimum Gasteiger partial charge on any atom is -0.464 e. The normalized spacial score (nSPS) is 13.8. The summed E-state index contributed by atoms with van der Waals surface area (Å²) in [5.41, 5.74) is 2.65. The standard InChI is InChI=1S/C11H20N2O3S/c1-3-9-6-7-11(16-9)10(13-12)5-4-8-17(2,14)15/h6-7,10,13H,3-5,8,12H2,1-2H3. The topological polar surface area (TPSA) is 85.3 Å². The highest BCUT2D eigenvalue weighted by molar-refractivity contribution is 7.90. The number of nitrogens with one attached hydrogen (secondary N) is 1. The Kier molecular flexibility index (Phi) is 5.17. The van der Waals surface area contributed by atoms with Crippen molar-refractivity contribution in [1.29, 1.82) is 0 Å². The molecule has 0 radical (unpaired) electrons. The predicted octanol–water partition coefficient (Wildman–Crippen LogP) is 1.17. The summed E-state index contributed by atoms with van der Waals surface area (Å²) in [4.78, 5) is 0. The molecular formula is C11H20N2O3S. The van der Waals surface area contributed by atoms with Crippen LogP contribution in [0.1, 0.15) is 37.3 Å². The minimum atomic E-state index is -2.91. The molecule has 1 aromatic rings. The third-order valence-electron chi connectivity index (χ3n) is 2.58. The van der Waals surface area contributed by atoms with Crippen molar-refractivity contribution in [2.45, 2.75) is 32.2 Å². The van der Waals surface area contributed by atoms with Gasteiger partial charge in [0.25, 0.3) is 0 Å². The van der Waals surface area contributed by atoms with Crippen LogP contribution in [0.4, 0.5) is 0 Å². The zero-order valence-corrected chi connectivity index (χ0v) is 11.1. The molecule has 5 nitrogen and oxygen atoms in total. The van der Waals surface area contributed by atoms with E-state index in [1.54, 1.807) is 0 Å². The van der Waals surface area contributed by atoms with Crippen molar-refractivity contribution in [3.8, 4) is 0 Å². The molecule has 0 aromatic carbocycles. The Balaban J connectivity index is 2.54. The second-order valence-corrected chi connectivity index (χ2v) is 6.41. The average molecular weight is 260 g/mol. The van der Waals surface area contributed by atoms with Crippen molar-refractivity contribution >= 4 is 9.84 Å². The molecule has 0 fully saturated rings. The summed E-state index contributed by atoms with van der Waals surface area (Å²) in [5, 5.41) is 0.